The van der Waals surface area contributed by atoms with Gasteiger partial charge < -0.3 is 10.4 Å². The van der Waals surface area contributed by atoms with Crippen LogP contribution in [0.1, 0.15) is 24.2 Å². The number of carbonyl (C=O) groups is 1. The van der Waals surface area contributed by atoms with E-state index in [1.165, 1.54) is 11.0 Å². The van der Waals surface area contributed by atoms with Gasteiger partial charge in [0.15, 0.2) is 0 Å². The monoisotopic (exact) mass is 348 g/mol. The molecule has 1 unspecified atom stereocenters. The fourth-order valence-electron chi connectivity index (χ4n) is 2.67. The van der Waals surface area contributed by atoms with Gasteiger partial charge in [-0.05, 0) is 37.2 Å². The summed E-state index contributed by atoms with van der Waals surface area (Å²) in [5, 5.41) is 12.9. The topological polar surface area (TPSA) is 52.6 Å². The molecular formula is C19H22F2N2O2. The molecule has 0 fully saturated rings. The number of aliphatic hydroxyl groups is 1. The number of hydrogen-bond donors (Lipinski definition) is 2. The smallest absolute Gasteiger partial charge is 0.238 e. The van der Waals surface area contributed by atoms with E-state index in [0.717, 1.165) is 29.8 Å². The van der Waals surface area contributed by atoms with Crippen molar-refractivity contribution in [2.45, 2.75) is 19.4 Å². The number of nitrogens with one attached hydrogen (secondary N) is 1. The van der Waals surface area contributed by atoms with Crippen molar-refractivity contribution in [2.24, 2.45) is 0 Å². The van der Waals surface area contributed by atoms with E-state index < -0.39 is 17.7 Å². The SMILES string of the molecule is CCc1ccccc1NC(=O)CN(C)CC(O)c1c(F)cccc1F. The molecule has 0 aliphatic rings. The minimum Gasteiger partial charge on any atom is -0.387 e. The molecule has 1 atom stereocenters. The lowest BCUT2D eigenvalue weighted by Gasteiger charge is -2.21. The molecule has 0 aliphatic carbocycles. The predicted octanol–water partition coefficient (Wildman–Crippen LogP) is 3.13. The van der Waals surface area contributed by atoms with Crippen molar-refractivity contribution in [3.05, 3.63) is 65.2 Å². The summed E-state index contributed by atoms with van der Waals surface area (Å²) in [6.07, 6.45) is -0.570. The minimum absolute atomic E-state index is 0.00875. The van der Waals surface area contributed by atoms with Gasteiger partial charge in [0.2, 0.25) is 5.91 Å². The first-order valence-corrected chi connectivity index (χ1v) is 8.10. The molecule has 2 rings (SSSR count). The maximum atomic E-state index is 13.7. The van der Waals surface area contributed by atoms with E-state index in [9.17, 15) is 18.7 Å². The molecule has 25 heavy (non-hydrogen) atoms. The third kappa shape index (κ3) is 5.08. The number of amides is 1. The van der Waals surface area contributed by atoms with Gasteiger partial charge in [-0.2, -0.15) is 0 Å². The van der Waals surface area contributed by atoms with Crippen LogP contribution in [-0.2, 0) is 11.2 Å². The predicted molar refractivity (Wildman–Crippen MR) is 93.3 cm³/mol. The van der Waals surface area contributed by atoms with Crippen molar-refractivity contribution in [3.63, 3.8) is 0 Å². The summed E-state index contributed by atoms with van der Waals surface area (Å²) in [5.74, 6) is -1.87. The second-order valence-corrected chi connectivity index (χ2v) is 5.91. The molecule has 0 aromatic heterocycles. The molecule has 1 amide bonds. The van der Waals surface area contributed by atoms with Crippen molar-refractivity contribution < 1.29 is 18.7 Å². The Labute approximate surface area is 146 Å². The number of aliphatic hydroxyl groups excluding tert-OH is 1. The Morgan fingerprint density at radius 3 is 2.44 bits per heavy atom. The molecule has 2 N–H and O–H groups in total. The molecular weight excluding hydrogens is 326 g/mol. The van der Waals surface area contributed by atoms with Crippen molar-refractivity contribution >= 4 is 11.6 Å². The van der Waals surface area contributed by atoms with Crippen molar-refractivity contribution in [1.82, 2.24) is 4.90 Å². The van der Waals surface area contributed by atoms with E-state index in [-0.39, 0.29) is 24.6 Å². The average molecular weight is 348 g/mol. The molecule has 0 aliphatic heterocycles. The first kappa shape index (κ1) is 19.0. The number of benzene rings is 2. The summed E-state index contributed by atoms with van der Waals surface area (Å²) in [4.78, 5) is 13.7. The highest BCUT2D eigenvalue weighted by Crippen LogP contribution is 2.21. The van der Waals surface area contributed by atoms with Gasteiger partial charge in [-0.25, -0.2) is 8.78 Å². The summed E-state index contributed by atoms with van der Waals surface area (Å²) >= 11 is 0. The van der Waals surface area contributed by atoms with Crippen LogP contribution in [0.15, 0.2) is 42.5 Å². The number of hydrogen-bond acceptors (Lipinski definition) is 3. The number of carbonyl (C=O) groups excluding carboxylic acids is 1. The highest BCUT2D eigenvalue weighted by atomic mass is 19.1. The van der Waals surface area contributed by atoms with Gasteiger partial charge in [-0.3, -0.25) is 9.69 Å². The summed E-state index contributed by atoms with van der Waals surface area (Å²) in [6, 6.07) is 10.9. The number of rotatable bonds is 7. The van der Waals surface area contributed by atoms with Crippen molar-refractivity contribution in [2.75, 3.05) is 25.5 Å². The molecule has 134 valence electrons. The fraction of sp³-hybridized carbons (Fsp3) is 0.316. The van der Waals surface area contributed by atoms with Crippen LogP contribution in [-0.4, -0.2) is 36.1 Å². The normalized spacial score (nSPS) is 12.2. The maximum absolute atomic E-state index is 13.7. The highest BCUT2D eigenvalue weighted by Gasteiger charge is 2.20. The Morgan fingerprint density at radius 1 is 1.16 bits per heavy atom. The largest absolute Gasteiger partial charge is 0.387 e. The van der Waals surface area contributed by atoms with E-state index >= 15 is 0 Å². The van der Waals surface area contributed by atoms with Gasteiger partial charge in [0.25, 0.3) is 0 Å². The Kier molecular flexibility index (Phi) is 6.61. The van der Waals surface area contributed by atoms with E-state index in [0.29, 0.717) is 0 Å². The van der Waals surface area contributed by atoms with Crippen LogP contribution in [0.3, 0.4) is 0 Å². The van der Waals surface area contributed by atoms with Gasteiger partial charge in [-0.15, -0.1) is 0 Å². The molecule has 0 bridgehead atoms. The Morgan fingerprint density at radius 2 is 1.80 bits per heavy atom. The number of nitrogens with zero attached hydrogens (tertiary/aromatic N) is 1. The summed E-state index contributed by atoms with van der Waals surface area (Å²) in [7, 11) is 1.60. The van der Waals surface area contributed by atoms with Crippen LogP contribution in [0.5, 0.6) is 0 Å². The third-order valence-corrected chi connectivity index (χ3v) is 3.90. The minimum atomic E-state index is -1.36. The van der Waals surface area contributed by atoms with Gasteiger partial charge in [0.05, 0.1) is 18.2 Å². The van der Waals surface area contributed by atoms with Crippen LogP contribution < -0.4 is 5.32 Å². The second kappa shape index (κ2) is 8.69. The summed E-state index contributed by atoms with van der Waals surface area (Å²) in [6.45, 7) is 1.92. The molecule has 0 saturated carbocycles. The third-order valence-electron chi connectivity index (χ3n) is 3.90. The maximum Gasteiger partial charge on any atom is 0.238 e. The Bertz CT molecular complexity index is 717. The molecule has 4 nitrogen and oxygen atoms in total. The van der Waals surface area contributed by atoms with Crippen LogP contribution in [0, 0.1) is 11.6 Å². The van der Waals surface area contributed by atoms with E-state index in [1.54, 1.807) is 7.05 Å². The van der Waals surface area contributed by atoms with Crippen LogP contribution in [0.2, 0.25) is 0 Å². The van der Waals surface area contributed by atoms with E-state index in [1.807, 2.05) is 31.2 Å². The van der Waals surface area contributed by atoms with Gasteiger partial charge >= 0.3 is 0 Å². The Hall–Kier alpha value is -2.31. The molecule has 6 heteroatoms. The number of aryl methyl sites for hydroxylation is 1. The molecule has 0 heterocycles. The number of halogens is 2. The molecule has 0 saturated heterocycles. The zero-order valence-corrected chi connectivity index (χ0v) is 14.3. The fourth-order valence-corrected chi connectivity index (χ4v) is 2.67. The highest BCUT2D eigenvalue weighted by molar-refractivity contribution is 5.92. The lowest BCUT2D eigenvalue weighted by molar-refractivity contribution is -0.117. The molecule has 0 radical (unpaired) electrons. The zero-order chi connectivity index (χ0) is 18.4. The van der Waals surface area contributed by atoms with Crippen molar-refractivity contribution in [1.29, 1.82) is 0 Å². The first-order chi connectivity index (χ1) is 11.9. The lowest BCUT2D eigenvalue weighted by Crippen LogP contribution is -2.33. The van der Waals surface area contributed by atoms with Gasteiger partial charge in [0, 0.05) is 12.2 Å². The Balaban J connectivity index is 1.95. The number of anilines is 1. The molecule has 0 spiro atoms. The van der Waals surface area contributed by atoms with Gasteiger partial charge in [0.1, 0.15) is 11.6 Å². The van der Waals surface area contributed by atoms with Crippen LogP contribution >= 0.6 is 0 Å². The van der Waals surface area contributed by atoms with Crippen LogP contribution in [0.25, 0.3) is 0 Å². The summed E-state index contributed by atoms with van der Waals surface area (Å²) in [5.41, 5.74) is 1.38. The zero-order valence-electron chi connectivity index (χ0n) is 14.3. The van der Waals surface area contributed by atoms with Crippen LogP contribution in [0.4, 0.5) is 14.5 Å². The first-order valence-electron chi connectivity index (χ1n) is 8.10. The standard InChI is InChI=1S/C19H22F2N2O2/c1-3-13-7-4-5-10-16(13)22-18(25)12-23(2)11-17(24)19-14(20)8-6-9-15(19)21/h4-10,17,24H,3,11-12H2,1-2H3,(H,22,25). The quantitative estimate of drug-likeness (QED) is 0.808. The second-order valence-electron chi connectivity index (χ2n) is 5.91. The number of likely N-dealkylation sites (N-methyl/N-ethyl adjacent to an activating group) is 1. The molecule has 2 aromatic rings. The molecule has 2 aromatic carbocycles. The average Bonchev–Trinajstić information content (AvgIpc) is 2.54. The van der Waals surface area contributed by atoms with Gasteiger partial charge in [-0.1, -0.05) is 31.2 Å². The number of para-hydroxylation sites is 1. The van der Waals surface area contributed by atoms with E-state index in [4.69, 9.17) is 0 Å². The lowest BCUT2D eigenvalue weighted by atomic mass is 10.1. The van der Waals surface area contributed by atoms with E-state index in [2.05, 4.69) is 5.32 Å². The van der Waals surface area contributed by atoms with Crippen molar-refractivity contribution in [3.8, 4) is 0 Å². The summed E-state index contributed by atoms with van der Waals surface area (Å²) < 4.78 is 27.4.